The largest absolute Gasteiger partial charge is 0.261 e. The van der Waals surface area contributed by atoms with Crippen LogP contribution in [0.25, 0.3) is 5.57 Å². The molecule has 96 valence electrons. The number of halogens is 1. The predicted octanol–water partition coefficient (Wildman–Crippen LogP) is 5.60. The van der Waals surface area contributed by atoms with Gasteiger partial charge in [-0.1, -0.05) is 21.9 Å². The third-order valence-electron chi connectivity index (χ3n) is 2.36. The Morgan fingerprint density at radius 3 is 2.53 bits per heavy atom. The van der Waals surface area contributed by atoms with Crippen LogP contribution in [-0.4, -0.2) is 10.7 Å². The van der Waals surface area contributed by atoms with Crippen molar-refractivity contribution in [1.82, 2.24) is 4.98 Å². The van der Waals surface area contributed by atoms with Crippen molar-refractivity contribution in [2.75, 3.05) is 5.75 Å². The molecular weight excluding hydrogens is 341 g/mol. The molecular formula is C14H22INS. The first-order valence-corrected chi connectivity index (χ1v) is 9.39. The molecule has 0 unspecified atom stereocenters. The van der Waals surface area contributed by atoms with E-state index in [2.05, 4.69) is 66.0 Å². The lowest BCUT2D eigenvalue weighted by Gasteiger charge is -2.05. The van der Waals surface area contributed by atoms with Gasteiger partial charge in [0, 0.05) is 17.6 Å². The highest BCUT2D eigenvalue weighted by Gasteiger charge is 2.00. The van der Waals surface area contributed by atoms with Crippen molar-refractivity contribution >= 4 is 35.7 Å². The maximum Gasteiger partial charge on any atom is 0.0447 e. The first-order chi connectivity index (χ1) is 8.06. The summed E-state index contributed by atoms with van der Waals surface area (Å²) in [5, 5.41) is 0. The molecule has 0 bridgehead atoms. The third-order valence-corrected chi connectivity index (χ3v) is 4.25. The van der Waals surface area contributed by atoms with Gasteiger partial charge in [0.05, 0.1) is 0 Å². The van der Waals surface area contributed by atoms with Crippen molar-refractivity contribution in [2.24, 2.45) is 0 Å². The first-order valence-electron chi connectivity index (χ1n) is 5.86. The number of nitrogens with zero attached hydrogens (tertiary/aromatic N) is 1. The van der Waals surface area contributed by atoms with E-state index in [4.69, 9.17) is 0 Å². The Morgan fingerprint density at radius 1 is 1.47 bits per heavy atom. The van der Waals surface area contributed by atoms with E-state index in [1.54, 1.807) is 0 Å². The fourth-order valence-electron chi connectivity index (χ4n) is 1.27. The molecule has 1 heterocycles. The fourth-order valence-corrected chi connectivity index (χ4v) is 2.74. The summed E-state index contributed by atoms with van der Waals surface area (Å²) in [4.78, 5) is 4.31. The molecule has 0 spiro atoms. The van der Waals surface area contributed by atoms with Gasteiger partial charge in [-0.25, -0.2) is 0 Å². The minimum atomic E-state index is 1.11. The second-order valence-electron chi connectivity index (χ2n) is 3.93. The standard InChI is InChI=1S/C11H15N.C3H7IS/c1-5-9(3)11-6-8(2)7-12-10(11)4;1-2-3-5-4/h5-7H,1-4H3;2-3H2,1H3/b9-5-;. The van der Waals surface area contributed by atoms with Crippen LogP contribution in [-0.2, 0) is 0 Å². The SMILES string of the molecule is C/C=C(/C)c1cc(C)cnc1C.CCCSI. The molecule has 0 amide bonds. The van der Waals surface area contributed by atoms with Crippen LogP contribution in [0.15, 0.2) is 18.3 Å². The Balaban J connectivity index is 0.000000437. The highest BCUT2D eigenvalue weighted by molar-refractivity contribution is 14.2. The van der Waals surface area contributed by atoms with Crippen LogP contribution < -0.4 is 0 Å². The van der Waals surface area contributed by atoms with E-state index in [1.165, 1.54) is 28.9 Å². The first kappa shape index (κ1) is 17.0. The number of rotatable bonds is 3. The molecule has 0 saturated heterocycles. The third kappa shape index (κ3) is 7.09. The molecule has 0 saturated carbocycles. The molecule has 0 aliphatic heterocycles. The van der Waals surface area contributed by atoms with E-state index in [0.717, 1.165) is 5.69 Å². The molecule has 1 aromatic heterocycles. The predicted molar refractivity (Wildman–Crippen MR) is 89.8 cm³/mol. The molecule has 17 heavy (non-hydrogen) atoms. The van der Waals surface area contributed by atoms with E-state index in [0.29, 0.717) is 0 Å². The summed E-state index contributed by atoms with van der Waals surface area (Å²) in [6.07, 6.45) is 5.32. The number of aryl methyl sites for hydroxylation is 2. The van der Waals surface area contributed by atoms with Crippen molar-refractivity contribution < 1.29 is 0 Å². The van der Waals surface area contributed by atoms with Gasteiger partial charge in [0.2, 0.25) is 0 Å². The van der Waals surface area contributed by atoms with E-state index in [1.807, 2.05) is 22.1 Å². The van der Waals surface area contributed by atoms with Crippen LogP contribution in [0.5, 0.6) is 0 Å². The van der Waals surface area contributed by atoms with Crippen LogP contribution >= 0.6 is 30.1 Å². The second kappa shape index (κ2) is 9.95. The van der Waals surface area contributed by atoms with E-state index in [-0.39, 0.29) is 0 Å². The normalized spacial score (nSPS) is 10.8. The van der Waals surface area contributed by atoms with Gasteiger partial charge in [-0.2, -0.15) is 0 Å². The number of aromatic nitrogens is 1. The van der Waals surface area contributed by atoms with Gasteiger partial charge in [0.1, 0.15) is 0 Å². The minimum absolute atomic E-state index is 1.11. The van der Waals surface area contributed by atoms with Crippen LogP contribution in [0, 0.1) is 13.8 Å². The lowest BCUT2D eigenvalue weighted by molar-refractivity contribution is 1.11. The van der Waals surface area contributed by atoms with Crippen molar-refractivity contribution in [3.8, 4) is 0 Å². The summed E-state index contributed by atoms with van der Waals surface area (Å²) in [5.74, 6) is 1.29. The zero-order valence-electron chi connectivity index (χ0n) is 11.4. The Hall–Kier alpha value is -0.0300. The smallest absolute Gasteiger partial charge is 0.0447 e. The average Bonchev–Trinajstić information content (AvgIpc) is 2.33. The molecule has 0 fully saturated rings. The van der Waals surface area contributed by atoms with Gasteiger partial charge in [-0.05, 0) is 78.1 Å². The molecule has 0 aliphatic rings. The summed E-state index contributed by atoms with van der Waals surface area (Å²) < 4.78 is 0. The monoisotopic (exact) mass is 363 g/mol. The molecule has 0 aliphatic carbocycles. The Kier molecular flexibility index (Phi) is 9.93. The maximum atomic E-state index is 4.31. The van der Waals surface area contributed by atoms with Gasteiger partial charge >= 0.3 is 0 Å². The number of hydrogen-bond acceptors (Lipinski definition) is 2. The molecule has 3 heteroatoms. The second-order valence-corrected chi connectivity index (χ2v) is 6.43. The fraction of sp³-hybridized carbons (Fsp3) is 0.500. The van der Waals surface area contributed by atoms with Gasteiger partial charge in [-0.3, -0.25) is 4.98 Å². The lowest BCUT2D eigenvalue weighted by Crippen LogP contribution is -1.90. The molecule has 1 nitrogen and oxygen atoms in total. The zero-order chi connectivity index (χ0) is 13.3. The highest BCUT2D eigenvalue weighted by Crippen LogP contribution is 2.17. The summed E-state index contributed by atoms with van der Waals surface area (Å²) in [5.41, 5.74) is 4.88. The maximum absolute atomic E-state index is 4.31. The Morgan fingerprint density at radius 2 is 2.12 bits per heavy atom. The number of hydrogen-bond donors (Lipinski definition) is 0. The molecule has 1 aromatic rings. The summed E-state index contributed by atoms with van der Waals surface area (Å²) >= 11 is 2.30. The van der Waals surface area contributed by atoms with Gasteiger partial charge in [0.15, 0.2) is 0 Å². The van der Waals surface area contributed by atoms with Gasteiger partial charge in [-0.15, -0.1) is 0 Å². The zero-order valence-corrected chi connectivity index (χ0v) is 14.4. The van der Waals surface area contributed by atoms with Gasteiger partial charge < -0.3 is 0 Å². The lowest BCUT2D eigenvalue weighted by atomic mass is 10.0. The summed E-state index contributed by atoms with van der Waals surface area (Å²) in [6, 6.07) is 2.18. The van der Waals surface area contributed by atoms with Crippen LogP contribution in [0.1, 0.15) is 44.0 Å². The van der Waals surface area contributed by atoms with Crippen molar-refractivity contribution in [1.29, 1.82) is 0 Å². The molecule has 0 aromatic carbocycles. The van der Waals surface area contributed by atoms with Crippen LogP contribution in [0.2, 0.25) is 0 Å². The average molecular weight is 363 g/mol. The Labute approximate surface area is 122 Å². The van der Waals surface area contributed by atoms with Crippen LogP contribution in [0.3, 0.4) is 0 Å². The van der Waals surface area contributed by atoms with E-state index >= 15 is 0 Å². The topological polar surface area (TPSA) is 12.9 Å². The van der Waals surface area contributed by atoms with E-state index < -0.39 is 0 Å². The summed E-state index contributed by atoms with van der Waals surface area (Å²) in [7, 11) is 1.87. The quantitative estimate of drug-likeness (QED) is 0.648. The highest BCUT2D eigenvalue weighted by atomic mass is 127. The van der Waals surface area contributed by atoms with Crippen molar-refractivity contribution in [2.45, 2.75) is 41.0 Å². The van der Waals surface area contributed by atoms with Crippen molar-refractivity contribution in [3.05, 3.63) is 35.2 Å². The molecule has 0 atom stereocenters. The molecule has 0 radical (unpaired) electrons. The minimum Gasteiger partial charge on any atom is -0.261 e. The molecule has 1 rings (SSSR count). The summed E-state index contributed by atoms with van der Waals surface area (Å²) in [6.45, 7) is 10.5. The molecule has 0 N–H and O–H groups in total. The number of allylic oxidation sites excluding steroid dienone is 2. The Bertz CT molecular complexity index is 359. The number of pyridine rings is 1. The van der Waals surface area contributed by atoms with E-state index in [9.17, 15) is 0 Å². The van der Waals surface area contributed by atoms with Gasteiger partial charge in [0.25, 0.3) is 0 Å². The van der Waals surface area contributed by atoms with Crippen LogP contribution in [0.4, 0.5) is 0 Å². The van der Waals surface area contributed by atoms with Crippen molar-refractivity contribution in [3.63, 3.8) is 0 Å².